The molecule has 0 radical (unpaired) electrons. The molecule has 0 N–H and O–H groups in total. The Morgan fingerprint density at radius 2 is 2.33 bits per heavy atom. The summed E-state index contributed by atoms with van der Waals surface area (Å²) in [6.45, 7) is 6.37. The van der Waals surface area contributed by atoms with Gasteiger partial charge in [0.15, 0.2) is 0 Å². The van der Waals surface area contributed by atoms with E-state index in [0.717, 1.165) is 37.4 Å². The molecule has 0 saturated carbocycles. The van der Waals surface area contributed by atoms with Crippen LogP contribution in [0.3, 0.4) is 0 Å². The molecule has 6 nitrogen and oxygen atoms in total. The number of amides is 1. The highest BCUT2D eigenvalue weighted by molar-refractivity contribution is 6.31. The summed E-state index contributed by atoms with van der Waals surface area (Å²) in [5, 5.41) is 0.680. The second-order valence-corrected chi connectivity index (χ2v) is 6.56. The van der Waals surface area contributed by atoms with Crippen molar-refractivity contribution in [2.45, 2.75) is 39.4 Å². The number of nitrogens with zero attached hydrogens (tertiary/aromatic N) is 4. The van der Waals surface area contributed by atoms with Crippen LogP contribution < -0.4 is 0 Å². The molecule has 24 heavy (non-hydrogen) atoms. The molecular weight excluding hydrogens is 328 g/mol. The van der Waals surface area contributed by atoms with E-state index in [1.54, 1.807) is 25.5 Å². The zero-order valence-corrected chi connectivity index (χ0v) is 14.7. The Kier molecular flexibility index (Phi) is 5.16. The lowest BCUT2D eigenvalue weighted by Gasteiger charge is -2.27. The number of pyridine rings is 1. The first kappa shape index (κ1) is 16.9. The Bertz CT molecular complexity index is 718. The van der Waals surface area contributed by atoms with Crippen LogP contribution in [0, 0.1) is 6.92 Å². The fourth-order valence-electron chi connectivity index (χ4n) is 3.10. The largest absolute Gasteiger partial charge is 0.444 e. The zero-order valence-electron chi connectivity index (χ0n) is 13.9. The minimum atomic E-state index is 0.0413. The quantitative estimate of drug-likeness (QED) is 0.831. The second kappa shape index (κ2) is 7.32. The van der Waals surface area contributed by atoms with Gasteiger partial charge >= 0.3 is 0 Å². The van der Waals surface area contributed by atoms with E-state index in [4.69, 9.17) is 16.0 Å². The van der Waals surface area contributed by atoms with Gasteiger partial charge in [-0.2, -0.15) is 0 Å². The van der Waals surface area contributed by atoms with Crippen molar-refractivity contribution in [1.29, 1.82) is 0 Å². The molecule has 1 saturated heterocycles. The molecule has 0 unspecified atom stereocenters. The summed E-state index contributed by atoms with van der Waals surface area (Å²) in [4.78, 5) is 24.4. The van der Waals surface area contributed by atoms with Crippen LogP contribution in [0.25, 0.3) is 0 Å². The van der Waals surface area contributed by atoms with Crippen molar-refractivity contribution in [3.63, 3.8) is 0 Å². The van der Waals surface area contributed by atoms with Gasteiger partial charge in [-0.1, -0.05) is 11.6 Å². The summed E-state index contributed by atoms with van der Waals surface area (Å²) < 4.78 is 5.52. The SMILES string of the molecule is CC(=O)N(Cc1ncc(C)o1)[C@@H]1CCN(Cc2ccncc2Cl)C1. The van der Waals surface area contributed by atoms with E-state index >= 15 is 0 Å². The third-order valence-electron chi connectivity index (χ3n) is 4.32. The molecule has 0 bridgehead atoms. The molecule has 128 valence electrons. The van der Waals surface area contributed by atoms with Crippen molar-refractivity contribution in [1.82, 2.24) is 19.8 Å². The smallest absolute Gasteiger partial charge is 0.220 e. The van der Waals surface area contributed by atoms with Crippen LogP contribution in [-0.2, 0) is 17.9 Å². The van der Waals surface area contributed by atoms with Crippen molar-refractivity contribution in [3.8, 4) is 0 Å². The van der Waals surface area contributed by atoms with Crippen LogP contribution in [0.4, 0.5) is 0 Å². The van der Waals surface area contributed by atoms with Gasteiger partial charge in [0.2, 0.25) is 11.8 Å². The first-order chi connectivity index (χ1) is 11.5. The number of likely N-dealkylation sites (tertiary alicyclic amines) is 1. The summed E-state index contributed by atoms with van der Waals surface area (Å²) in [5.74, 6) is 1.38. The van der Waals surface area contributed by atoms with Crippen LogP contribution in [0.2, 0.25) is 5.02 Å². The van der Waals surface area contributed by atoms with Crippen LogP contribution in [-0.4, -0.2) is 44.8 Å². The van der Waals surface area contributed by atoms with Crippen molar-refractivity contribution in [2.75, 3.05) is 13.1 Å². The Hall–Kier alpha value is -1.92. The summed E-state index contributed by atoms with van der Waals surface area (Å²) in [6, 6.07) is 2.10. The van der Waals surface area contributed by atoms with Crippen LogP contribution in [0.15, 0.2) is 29.1 Å². The predicted octanol–water partition coefficient (Wildman–Crippen LogP) is 2.65. The third kappa shape index (κ3) is 3.94. The van der Waals surface area contributed by atoms with Crippen molar-refractivity contribution >= 4 is 17.5 Å². The predicted molar refractivity (Wildman–Crippen MR) is 90.4 cm³/mol. The number of aryl methyl sites for hydroxylation is 1. The number of carbonyl (C=O) groups excluding carboxylic acids is 1. The molecule has 0 aliphatic carbocycles. The number of halogens is 1. The number of oxazole rings is 1. The van der Waals surface area contributed by atoms with Crippen LogP contribution in [0.1, 0.15) is 30.6 Å². The lowest BCUT2D eigenvalue weighted by molar-refractivity contribution is -0.132. The Morgan fingerprint density at radius 3 is 3.00 bits per heavy atom. The van der Waals surface area contributed by atoms with E-state index in [9.17, 15) is 4.79 Å². The Morgan fingerprint density at radius 1 is 1.50 bits per heavy atom. The number of aromatic nitrogens is 2. The number of carbonyl (C=O) groups is 1. The van der Waals surface area contributed by atoms with E-state index in [1.165, 1.54) is 0 Å². The molecular formula is C17H21ClN4O2. The van der Waals surface area contributed by atoms with Crippen molar-refractivity contribution < 1.29 is 9.21 Å². The molecule has 0 spiro atoms. The zero-order chi connectivity index (χ0) is 17.1. The van der Waals surface area contributed by atoms with E-state index in [0.29, 0.717) is 17.5 Å². The average molecular weight is 349 g/mol. The fraction of sp³-hybridized carbons (Fsp3) is 0.471. The van der Waals surface area contributed by atoms with E-state index in [1.807, 2.05) is 17.9 Å². The highest BCUT2D eigenvalue weighted by Gasteiger charge is 2.30. The average Bonchev–Trinajstić information content (AvgIpc) is 3.16. The standard InChI is InChI=1S/C17H21ClN4O2/c1-12-7-20-17(24-12)11-22(13(2)23)15-4-6-21(10-15)9-14-3-5-19-8-16(14)18/h3,5,7-8,15H,4,6,9-11H2,1-2H3/t15-/m1/s1. The van der Waals surface area contributed by atoms with Gasteiger partial charge in [-0.05, 0) is 25.0 Å². The maximum Gasteiger partial charge on any atom is 0.220 e. The maximum atomic E-state index is 12.1. The van der Waals surface area contributed by atoms with Gasteiger partial charge in [-0.25, -0.2) is 4.98 Å². The monoisotopic (exact) mass is 348 g/mol. The second-order valence-electron chi connectivity index (χ2n) is 6.16. The molecule has 1 aliphatic rings. The Labute approximate surface area is 146 Å². The van der Waals surface area contributed by atoms with Gasteiger partial charge in [0.1, 0.15) is 5.76 Å². The summed E-state index contributed by atoms with van der Waals surface area (Å²) in [7, 11) is 0. The summed E-state index contributed by atoms with van der Waals surface area (Å²) in [6.07, 6.45) is 6.03. The summed E-state index contributed by atoms with van der Waals surface area (Å²) >= 11 is 6.19. The third-order valence-corrected chi connectivity index (χ3v) is 4.66. The topological polar surface area (TPSA) is 62.5 Å². The van der Waals surface area contributed by atoms with Crippen LogP contribution in [0.5, 0.6) is 0 Å². The molecule has 1 aliphatic heterocycles. The number of hydrogen-bond acceptors (Lipinski definition) is 5. The first-order valence-corrected chi connectivity index (χ1v) is 8.40. The number of rotatable bonds is 5. The van der Waals surface area contributed by atoms with E-state index in [2.05, 4.69) is 14.9 Å². The van der Waals surface area contributed by atoms with Crippen molar-refractivity contribution in [2.24, 2.45) is 0 Å². The summed E-state index contributed by atoms with van der Waals surface area (Å²) in [5.41, 5.74) is 1.06. The minimum absolute atomic E-state index is 0.0413. The molecule has 3 heterocycles. The fourth-order valence-corrected chi connectivity index (χ4v) is 3.28. The van der Waals surface area contributed by atoms with Gasteiger partial charge in [-0.3, -0.25) is 14.7 Å². The Balaban J connectivity index is 1.64. The molecule has 0 aromatic carbocycles. The molecule has 2 aromatic rings. The molecule has 1 amide bonds. The van der Waals surface area contributed by atoms with Crippen molar-refractivity contribution in [3.05, 3.63) is 46.9 Å². The molecule has 2 aromatic heterocycles. The van der Waals surface area contributed by atoms with Gasteiger partial charge in [-0.15, -0.1) is 0 Å². The van der Waals surface area contributed by atoms with Crippen LogP contribution >= 0.6 is 11.6 Å². The molecule has 1 fully saturated rings. The lowest BCUT2D eigenvalue weighted by Crippen LogP contribution is -2.40. The normalized spacial score (nSPS) is 18.0. The van der Waals surface area contributed by atoms with Gasteiger partial charge in [0.25, 0.3) is 0 Å². The first-order valence-electron chi connectivity index (χ1n) is 8.02. The van der Waals surface area contributed by atoms with Gasteiger partial charge < -0.3 is 9.32 Å². The maximum absolute atomic E-state index is 12.1. The lowest BCUT2D eigenvalue weighted by atomic mass is 10.2. The highest BCUT2D eigenvalue weighted by atomic mass is 35.5. The molecule has 3 rings (SSSR count). The highest BCUT2D eigenvalue weighted by Crippen LogP contribution is 2.22. The van der Waals surface area contributed by atoms with Gasteiger partial charge in [0.05, 0.1) is 17.8 Å². The minimum Gasteiger partial charge on any atom is -0.444 e. The molecule has 7 heteroatoms. The van der Waals surface area contributed by atoms with E-state index in [-0.39, 0.29) is 11.9 Å². The van der Waals surface area contributed by atoms with E-state index < -0.39 is 0 Å². The number of hydrogen-bond donors (Lipinski definition) is 0. The molecule has 1 atom stereocenters. The van der Waals surface area contributed by atoms with Gasteiger partial charge in [0, 0.05) is 45.0 Å².